The number of nitrogens with one attached hydrogen (secondary N) is 3. The number of fused-ring (bicyclic) bond motifs is 5. The largest absolute Gasteiger partial charge is 0.478 e. The number of carboxylic acid groups (broad SMARTS) is 1. The summed E-state index contributed by atoms with van der Waals surface area (Å²) < 4.78 is 1.87. The highest BCUT2D eigenvalue weighted by Gasteiger charge is 2.35. The number of carbonyl (C=O) groups is 1. The number of hydrogen-bond donors (Lipinski definition) is 4. The van der Waals surface area contributed by atoms with Crippen molar-refractivity contribution in [3.05, 3.63) is 95.3 Å². The van der Waals surface area contributed by atoms with Crippen LogP contribution in [-0.2, 0) is 0 Å². The minimum atomic E-state index is -0.993. The molecule has 214 valence electrons. The number of aromatic carboxylic acids is 1. The molecule has 0 saturated carbocycles. The third-order valence-corrected chi connectivity index (χ3v) is 8.95. The van der Waals surface area contributed by atoms with Crippen molar-refractivity contribution in [1.82, 2.24) is 29.4 Å². The average molecular weight is 572 g/mol. The van der Waals surface area contributed by atoms with E-state index in [1.807, 2.05) is 53.2 Å². The van der Waals surface area contributed by atoms with Crippen molar-refractivity contribution >= 4 is 33.6 Å². The maximum atomic E-state index is 14.0. The number of piperidine rings is 3. The van der Waals surface area contributed by atoms with Gasteiger partial charge >= 0.3 is 5.97 Å². The molecule has 3 aliphatic rings. The third-order valence-electron chi connectivity index (χ3n) is 8.95. The van der Waals surface area contributed by atoms with Crippen molar-refractivity contribution in [1.29, 1.82) is 0 Å². The minimum Gasteiger partial charge on any atom is -0.478 e. The molecule has 3 aliphatic heterocycles. The third kappa shape index (κ3) is 4.38. The highest BCUT2D eigenvalue weighted by molar-refractivity contribution is 6.03. The zero-order valence-corrected chi connectivity index (χ0v) is 23.2. The van der Waals surface area contributed by atoms with Gasteiger partial charge in [0.05, 0.1) is 39.8 Å². The Morgan fingerprint density at radius 1 is 1.00 bits per heavy atom. The normalized spacial score (nSPS) is 19.7. The number of anilines is 1. The van der Waals surface area contributed by atoms with Gasteiger partial charge in [-0.15, -0.1) is 0 Å². The van der Waals surface area contributed by atoms with E-state index in [1.165, 1.54) is 0 Å². The maximum absolute atomic E-state index is 14.0. The van der Waals surface area contributed by atoms with Crippen LogP contribution in [0, 0.1) is 5.92 Å². The van der Waals surface area contributed by atoms with Crippen LogP contribution in [0.25, 0.3) is 50.1 Å². The molecule has 6 aromatic rings. The number of H-pyrrole nitrogens is 2. The van der Waals surface area contributed by atoms with Gasteiger partial charge in [0.25, 0.3) is 5.56 Å². The van der Waals surface area contributed by atoms with Crippen LogP contribution >= 0.6 is 0 Å². The summed E-state index contributed by atoms with van der Waals surface area (Å²) in [4.78, 5) is 43.9. The molecule has 43 heavy (non-hydrogen) atoms. The topological polar surface area (TPSA) is 132 Å². The maximum Gasteiger partial charge on any atom is 0.335 e. The Hall–Kier alpha value is -5.22. The number of para-hydroxylation sites is 2. The van der Waals surface area contributed by atoms with Crippen LogP contribution < -0.4 is 10.9 Å². The van der Waals surface area contributed by atoms with Gasteiger partial charge in [-0.25, -0.2) is 14.8 Å². The number of pyridine rings is 1. The summed E-state index contributed by atoms with van der Waals surface area (Å²) in [6, 6.07) is 18.8. The summed E-state index contributed by atoms with van der Waals surface area (Å²) in [6.45, 7) is 3.13. The molecule has 3 aromatic heterocycles. The van der Waals surface area contributed by atoms with E-state index in [1.54, 1.807) is 30.7 Å². The van der Waals surface area contributed by atoms with E-state index in [4.69, 9.17) is 4.98 Å². The predicted octanol–water partition coefficient (Wildman–Crippen LogP) is 5.13. The van der Waals surface area contributed by atoms with Crippen molar-refractivity contribution in [2.75, 3.05) is 25.0 Å². The van der Waals surface area contributed by atoms with Gasteiger partial charge in [-0.3, -0.25) is 4.79 Å². The number of aromatic amines is 2. The second-order valence-corrected chi connectivity index (χ2v) is 11.5. The summed E-state index contributed by atoms with van der Waals surface area (Å²) in [6.07, 6.45) is 7.46. The van der Waals surface area contributed by atoms with Crippen LogP contribution in [0.15, 0.2) is 84.2 Å². The Morgan fingerprint density at radius 2 is 1.86 bits per heavy atom. The van der Waals surface area contributed by atoms with E-state index in [0.717, 1.165) is 71.4 Å². The van der Waals surface area contributed by atoms with Gasteiger partial charge in [0.2, 0.25) is 0 Å². The van der Waals surface area contributed by atoms with Gasteiger partial charge in [0.1, 0.15) is 11.4 Å². The lowest BCUT2D eigenvalue weighted by atomic mass is 9.83. The van der Waals surface area contributed by atoms with E-state index in [-0.39, 0.29) is 17.2 Å². The SMILES string of the molecule is O=C(O)c1cccc(-c2cc3c(N[C@H]4CN5CCC4CC5)c(-c4nc5ccccc5[nH]4)c(=O)[nH]c3cc2-n2ccnc2)c1. The van der Waals surface area contributed by atoms with E-state index in [0.29, 0.717) is 22.8 Å². The molecule has 9 rings (SSSR count). The van der Waals surface area contributed by atoms with Crippen molar-refractivity contribution in [3.8, 4) is 28.2 Å². The highest BCUT2D eigenvalue weighted by atomic mass is 16.4. The van der Waals surface area contributed by atoms with Crippen LogP contribution in [-0.4, -0.2) is 66.2 Å². The number of imidazole rings is 2. The Balaban J connectivity index is 1.40. The van der Waals surface area contributed by atoms with Crippen LogP contribution in [0.1, 0.15) is 23.2 Å². The number of nitrogens with zero attached hydrogens (tertiary/aromatic N) is 4. The molecule has 10 nitrogen and oxygen atoms in total. The molecule has 1 atom stereocenters. The van der Waals surface area contributed by atoms with Crippen LogP contribution in [0.3, 0.4) is 0 Å². The predicted molar refractivity (Wildman–Crippen MR) is 166 cm³/mol. The Bertz CT molecular complexity index is 2040. The Labute approximate surface area is 246 Å². The first-order chi connectivity index (χ1) is 21.0. The smallest absolute Gasteiger partial charge is 0.335 e. The Morgan fingerprint density at radius 3 is 2.60 bits per heavy atom. The van der Waals surface area contributed by atoms with Crippen molar-refractivity contribution in [3.63, 3.8) is 0 Å². The lowest BCUT2D eigenvalue weighted by Crippen LogP contribution is -2.53. The van der Waals surface area contributed by atoms with Crippen molar-refractivity contribution in [2.24, 2.45) is 5.92 Å². The monoisotopic (exact) mass is 571 g/mol. The molecule has 3 saturated heterocycles. The van der Waals surface area contributed by atoms with Gasteiger partial charge in [-0.2, -0.15) is 0 Å². The lowest BCUT2D eigenvalue weighted by Gasteiger charge is -2.45. The van der Waals surface area contributed by atoms with Gasteiger partial charge < -0.3 is 29.9 Å². The highest BCUT2D eigenvalue weighted by Crippen LogP contribution is 2.39. The van der Waals surface area contributed by atoms with E-state index in [9.17, 15) is 14.7 Å². The van der Waals surface area contributed by atoms with Crippen LogP contribution in [0.5, 0.6) is 0 Å². The van der Waals surface area contributed by atoms with Gasteiger partial charge in [-0.1, -0.05) is 24.3 Å². The number of rotatable bonds is 6. The lowest BCUT2D eigenvalue weighted by molar-refractivity contribution is 0.0697. The molecule has 0 radical (unpaired) electrons. The van der Waals surface area contributed by atoms with Gasteiger partial charge in [-0.05, 0) is 73.8 Å². The molecule has 0 unspecified atom stereocenters. The summed E-state index contributed by atoms with van der Waals surface area (Å²) in [5, 5.41) is 14.4. The number of benzene rings is 3. The molecule has 0 amide bonds. The molecule has 6 heterocycles. The van der Waals surface area contributed by atoms with Crippen molar-refractivity contribution in [2.45, 2.75) is 18.9 Å². The summed E-state index contributed by atoms with van der Waals surface area (Å²) in [5.41, 5.74) is 5.77. The second kappa shape index (κ2) is 9.95. The van der Waals surface area contributed by atoms with Crippen LogP contribution in [0.2, 0.25) is 0 Å². The molecule has 4 N–H and O–H groups in total. The summed E-state index contributed by atoms with van der Waals surface area (Å²) in [5.74, 6) is 0.0223. The minimum absolute atomic E-state index is 0.183. The fourth-order valence-corrected chi connectivity index (χ4v) is 6.76. The Kier molecular flexibility index (Phi) is 5.90. The fraction of sp³-hybridized carbons (Fsp3) is 0.212. The molecule has 3 fully saturated rings. The second-order valence-electron chi connectivity index (χ2n) is 11.5. The van der Waals surface area contributed by atoms with Crippen molar-refractivity contribution < 1.29 is 9.90 Å². The average Bonchev–Trinajstić information content (AvgIpc) is 3.72. The standard InChI is InChI=1S/C33H29N7O3/c41-32-29(31-36-24-6-1-2-7-25(24)37-31)30(35-27-17-39-11-8-19(27)9-12-39)23-15-22(20-4-3-5-21(14-20)33(42)43)28(16-26(23)38-32)40-13-10-34-18-40/h1-7,10,13-16,18-19,27H,8-9,11-12,17H2,(H,36,37)(H,42,43)(H2,35,38,41)/t27-/m0/s1. The zero-order valence-electron chi connectivity index (χ0n) is 23.2. The fourth-order valence-electron chi connectivity index (χ4n) is 6.76. The van der Waals surface area contributed by atoms with E-state index >= 15 is 0 Å². The molecular weight excluding hydrogens is 542 g/mol. The first-order valence-corrected chi connectivity index (χ1v) is 14.5. The number of hydrogen-bond acceptors (Lipinski definition) is 6. The first kappa shape index (κ1) is 25.5. The number of aromatic nitrogens is 5. The van der Waals surface area contributed by atoms with E-state index in [2.05, 4.69) is 25.2 Å². The van der Waals surface area contributed by atoms with E-state index < -0.39 is 5.97 Å². The molecule has 0 aliphatic carbocycles. The quantitative estimate of drug-likeness (QED) is 0.218. The summed E-state index contributed by atoms with van der Waals surface area (Å²) in [7, 11) is 0. The zero-order chi connectivity index (χ0) is 29.1. The summed E-state index contributed by atoms with van der Waals surface area (Å²) >= 11 is 0. The molecule has 3 aromatic carbocycles. The molecule has 0 spiro atoms. The van der Waals surface area contributed by atoms with Gasteiger partial charge in [0.15, 0.2) is 0 Å². The molecule has 2 bridgehead atoms. The first-order valence-electron chi connectivity index (χ1n) is 14.5. The molecular formula is C33H29N7O3. The van der Waals surface area contributed by atoms with Gasteiger partial charge in [0, 0.05) is 35.9 Å². The number of carboxylic acids is 1. The molecule has 10 heteroatoms. The van der Waals surface area contributed by atoms with Crippen LogP contribution in [0.4, 0.5) is 5.69 Å².